The van der Waals surface area contributed by atoms with Crippen LogP contribution in [0.2, 0.25) is 4.34 Å². The van der Waals surface area contributed by atoms with Crippen molar-refractivity contribution in [2.24, 2.45) is 0 Å². The lowest BCUT2D eigenvalue weighted by molar-refractivity contribution is 0.102. The van der Waals surface area contributed by atoms with E-state index in [2.05, 4.69) is 15.6 Å². The van der Waals surface area contributed by atoms with Crippen molar-refractivity contribution in [2.45, 2.75) is 0 Å². The van der Waals surface area contributed by atoms with E-state index in [0.29, 0.717) is 26.3 Å². The monoisotopic (exact) mass is 357 g/mol. The Balaban J connectivity index is 1.64. The summed E-state index contributed by atoms with van der Waals surface area (Å²) in [5.41, 5.74) is 1.64. The summed E-state index contributed by atoms with van der Waals surface area (Å²) in [6, 6.07) is 15.5. The largest absolute Gasteiger partial charge is 0.322 e. The van der Waals surface area contributed by atoms with E-state index in [0.717, 1.165) is 0 Å². The summed E-state index contributed by atoms with van der Waals surface area (Å²) in [4.78, 5) is 28.1. The average Bonchev–Trinajstić information content (AvgIpc) is 3.01. The third-order valence-electron chi connectivity index (χ3n) is 3.14. The van der Waals surface area contributed by atoms with Crippen molar-refractivity contribution in [1.82, 2.24) is 4.98 Å². The Morgan fingerprint density at radius 3 is 2.12 bits per heavy atom. The summed E-state index contributed by atoms with van der Waals surface area (Å²) >= 11 is 6.96. The minimum absolute atomic E-state index is 0.203. The number of rotatable bonds is 4. The number of amides is 2. The Morgan fingerprint density at radius 2 is 1.50 bits per heavy atom. The maximum absolute atomic E-state index is 12.1. The third-order valence-corrected chi connectivity index (χ3v) is 4.17. The minimum Gasteiger partial charge on any atom is -0.322 e. The molecule has 2 N–H and O–H groups in total. The van der Waals surface area contributed by atoms with Gasteiger partial charge in [0.15, 0.2) is 5.13 Å². The first-order chi connectivity index (χ1) is 11.6. The molecular formula is C17H12ClN3O2S. The molecule has 0 saturated heterocycles. The minimum atomic E-state index is -0.290. The zero-order chi connectivity index (χ0) is 16.9. The highest BCUT2D eigenvalue weighted by atomic mass is 35.5. The molecule has 3 aromatic rings. The fourth-order valence-electron chi connectivity index (χ4n) is 1.98. The number of nitrogens with zero attached hydrogens (tertiary/aromatic N) is 1. The molecule has 2 aromatic carbocycles. The van der Waals surface area contributed by atoms with E-state index in [1.165, 1.54) is 17.5 Å². The van der Waals surface area contributed by atoms with Gasteiger partial charge < -0.3 is 5.32 Å². The zero-order valence-electron chi connectivity index (χ0n) is 12.3. The Morgan fingerprint density at radius 1 is 0.875 bits per heavy atom. The van der Waals surface area contributed by atoms with Gasteiger partial charge in [-0.3, -0.25) is 14.9 Å². The summed E-state index contributed by atoms with van der Waals surface area (Å²) in [7, 11) is 0. The topological polar surface area (TPSA) is 71.1 Å². The van der Waals surface area contributed by atoms with Gasteiger partial charge in [-0.15, -0.1) is 0 Å². The predicted molar refractivity (Wildman–Crippen MR) is 95.9 cm³/mol. The molecule has 2 amide bonds. The van der Waals surface area contributed by atoms with Gasteiger partial charge in [0, 0.05) is 16.8 Å². The molecule has 24 heavy (non-hydrogen) atoms. The first-order valence-corrected chi connectivity index (χ1v) is 8.20. The number of nitrogens with one attached hydrogen (secondary N) is 2. The van der Waals surface area contributed by atoms with Crippen molar-refractivity contribution >= 4 is 45.6 Å². The lowest BCUT2D eigenvalue weighted by Crippen LogP contribution is -2.13. The second kappa shape index (κ2) is 7.25. The average molecular weight is 358 g/mol. The standard InChI is InChI=1S/C17H12ClN3O2S/c18-14-10-19-17(24-14)21-16(23)12-6-8-13(9-7-12)20-15(22)11-4-2-1-3-5-11/h1-10H,(H,20,22)(H,19,21,23). The van der Waals surface area contributed by atoms with Crippen LogP contribution in [0.5, 0.6) is 0 Å². The van der Waals surface area contributed by atoms with Crippen molar-refractivity contribution in [1.29, 1.82) is 0 Å². The van der Waals surface area contributed by atoms with Gasteiger partial charge in [0.1, 0.15) is 4.34 Å². The van der Waals surface area contributed by atoms with Crippen molar-refractivity contribution in [3.63, 3.8) is 0 Å². The number of thiazole rings is 1. The van der Waals surface area contributed by atoms with Crippen molar-refractivity contribution < 1.29 is 9.59 Å². The molecular weight excluding hydrogens is 346 g/mol. The summed E-state index contributed by atoms with van der Waals surface area (Å²) in [5.74, 6) is -0.493. The molecule has 0 radical (unpaired) electrons. The molecule has 0 aliphatic heterocycles. The summed E-state index contributed by atoms with van der Waals surface area (Å²) in [6.45, 7) is 0. The van der Waals surface area contributed by atoms with Crippen molar-refractivity contribution in [2.75, 3.05) is 10.6 Å². The van der Waals surface area contributed by atoms with Crippen LogP contribution in [0.15, 0.2) is 60.8 Å². The van der Waals surface area contributed by atoms with Crippen LogP contribution in [0.25, 0.3) is 0 Å². The number of hydrogen-bond acceptors (Lipinski definition) is 4. The van der Waals surface area contributed by atoms with E-state index in [-0.39, 0.29) is 11.8 Å². The Bertz CT molecular complexity index is 863. The maximum atomic E-state index is 12.1. The molecule has 0 aliphatic rings. The van der Waals surface area contributed by atoms with Crippen LogP contribution in [0, 0.1) is 0 Å². The summed E-state index contributed by atoms with van der Waals surface area (Å²) in [6.07, 6.45) is 1.48. The lowest BCUT2D eigenvalue weighted by Gasteiger charge is -2.06. The van der Waals surface area contributed by atoms with Gasteiger partial charge in [-0.25, -0.2) is 4.98 Å². The van der Waals surface area contributed by atoms with Gasteiger partial charge in [0.05, 0.1) is 6.20 Å². The number of anilines is 2. The molecule has 0 fully saturated rings. The number of halogens is 1. The van der Waals surface area contributed by atoms with Crippen LogP contribution >= 0.6 is 22.9 Å². The SMILES string of the molecule is O=C(Nc1ccc(C(=O)Nc2ncc(Cl)s2)cc1)c1ccccc1. The molecule has 1 aromatic heterocycles. The van der Waals surface area contributed by atoms with Crippen LogP contribution < -0.4 is 10.6 Å². The number of carbonyl (C=O) groups is 2. The quantitative estimate of drug-likeness (QED) is 0.731. The molecule has 120 valence electrons. The second-order valence-corrected chi connectivity index (χ2v) is 6.48. The Labute approximate surface area is 147 Å². The maximum Gasteiger partial charge on any atom is 0.257 e. The molecule has 7 heteroatoms. The molecule has 0 spiro atoms. The van der Waals surface area contributed by atoms with E-state index >= 15 is 0 Å². The molecule has 0 saturated carbocycles. The lowest BCUT2D eigenvalue weighted by atomic mass is 10.1. The first-order valence-electron chi connectivity index (χ1n) is 7.01. The highest BCUT2D eigenvalue weighted by Gasteiger charge is 2.10. The summed E-state index contributed by atoms with van der Waals surface area (Å²) in [5, 5.41) is 5.88. The van der Waals surface area contributed by atoms with Crippen LogP contribution in [0.1, 0.15) is 20.7 Å². The van der Waals surface area contributed by atoms with Gasteiger partial charge in [-0.05, 0) is 36.4 Å². The molecule has 1 heterocycles. The van der Waals surface area contributed by atoms with Crippen LogP contribution in [0.3, 0.4) is 0 Å². The van der Waals surface area contributed by atoms with Gasteiger partial charge in [0.25, 0.3) is 11.8 Å². The van der Waals surface area contributed by atoms with Crippen molar-refractivity contribution in [3.05, 3.63) is 76.3 Å². The molecule has 0 aliphatic carbocycles. The van der Waals surface area contributed by atoms with E-state index in [1.54, 1.807) is 48.5 Å². The molecule has 5 nitrogen and oxygen atoms in total. The Hall–Kier alpha value is -2.70. The number of carbonyl (C=O) groups excluding carboxylic acids is 2. The Kier molecular flexibility index (Phi) is 4.88. The van der Waals surface area contributed by atoms with Gasteiger partial charge >= 0.3 is 0 Å². The highest BCUT2D eigenvalue weighted by Crippen LogP contribution is 2.23. The number of aromatic nitrogens is 1. The van der Waals surface area contributed by atoms with Crippen molar-refractivity contribution in [3.8, 4) is 0 Å². The van der Waals surface area contributed by atoms with Gasteiger partial charge in [-0.2, -0.15) is 0 Å². The molecule has 0 bridgehead atoms. The number of hydrogen-bond donors (Lipinski definition) is 2. The van der Waals surface area contributed by atoms with Crippen LogP contribution in [-0.4, -0.2) is 16.8 Å². The zero-order valence-corrected chi connectivity index (χ0v) is 13.9. The van der Waals surface area contributed by atoms with E-state index < -0.39 is 0 Å². The fraction of sp³-hybridized carbons (Fsp3) is 0. The predicted octanol–water partition coefficient (Wildman–Crippen LogP) is 4.30. The van der Waals surface area contributed by atoms with E-state index in [1.807, 2.05) is 6.07 Å². The molecule has 0 atom stereocenters. The van der Waals surface area contributed by atoms with Gasteiger partial charge in [-0.1, -0.05) is 41.1 Å². The molecule has 3 rings (SSSR count). The summed E-state index contributed by atoms with van der Waals surface area (Å²) < 4.78 is 0.504. The fourth-order valence-corrected chi connectivity index (χ4v) is 2.79. The normalized spacial score (nSPS) is 10.2. The first kappa shape index (κ1) is 16.2. The molecule has 0 unspecified atom stereocenters. The highest BCUT2D eigenvalue weighted by molar-refractivity contribution is 7.19. The number of benzene rings is 2. The third kappa shape index (κ3) is 3.98. The smallest absolute Gasteiger partial charge is 0.257 e. The second-order valence-electron chi connectivity index (χ2n) is 4.82. The van der Waals surface area contributed by atoms with E-state index in [9.17, 15) is 9.59 Å². The van der Waals surface area contributed by atoms with E-state index in [4.69, 9.17) is 11.6 Å². The van der Waals surface area contributed by atoms with Crippen LogP contribution in [0.4, 0.5) is 10.8 Å². The van der Waals surface area contributed by atoms with Gasteiger partial charge in [0.2, 0.25) is 0 Å². The van der Waals surface area contributed by atoms with Crippen LogP contribution in [-0.2, 0) is 0 Å².